The van der Waals surface area contributed by atoms with Crippen molar-refractivity contribution >= 4 is 46.7 Å². The van der Waals surface area contributed by atoms with Crippen molar-refractivity contribution in [1.29, 1.82) is 5.26 Å². The molecule has 0 radical (unpaired) electrons. The van der Waals surface area contributed by atoms with Crippen molar-refractivity contribution in [2.45, 2.75) is 50.7 Å². The van der Waals surface area contributed by atoms with Gasteiger partial charge in [-0.25, -0.2) is 4.79 Å². The molecule has 2 aliphatic heterocycles. The number of aliphatic carboxylic acids is 1. The van der Waals surface area contributed by atoms with Gasteiger partial charge in [0.05, 0.1) is 40.5 Å². The van der Waals surface area contributed by atoms with E-state index in [4.69, 9.17) is 42.7 Å². The summed E-state index contributed by atoms with van der Waals surface area (Å²) in [5.41, 5.74) is 7.71. The standard InChI is InChI=1S/C49H40Cl2N4O7/c1-60-44-5-3-2-4-35(44)26-55-27-37-24-45-41(53-48(57)46(62-45)34-15-17-38(18-16-34)61-28-31-10-19-39(50)40(51)20-31)22-36(37)23-43(55)47(56)54-42(49(58)59)21-29-6-11-32(12-7-29)33-13-8-30(25-52)9-14-33/h2-20,22,24,42-43,46H,21,23,26-28H2,1H3,(H,53,57)(H,54,56)(H,58,59). The van der Waals surface area contributed by atoms with Gasteiger partial charge in [0, 0.05) is 30.6 Å². The molecule has 0 fully saturated rings. The summed E-state index contributed by atoms with van der Waals surface area (Å²) >= 11 is 12.2. The molecular weight excluding hydrogens is 827 g/mol. The highest BCUT2D eigenvalue weighted by atomic mass is 35.5. The van der Waals surface area contributed by atoms with E-state index in [1.165, 1.54) is 0 Å². The number of anilines is 1. The molecule has 3 N–H and O–H groups in total. The van der Waals surface area contributed by atoms with Gasteiger partial charge in [-0.1, -0.05) is 96.0 Å². The van der Waals surface area contributed by atoms with Gasteiger partial charge < -0.3 is 30.0 Å². The number of nitrogens with one attached hydrogen (secondary N) is 2. The van der Waals surface area contributed by atoms with Crippen molar-refractivity contribution in [3.05, 3.63) is 176 Å². The number of nitrogens with zero attached hydrogens (tertiary/aromatic N) is 2. The first-order valence-corrected chi connectivity index (χ1v) is 20.6. The van der Waals surface area contributed by atoms with Crippen LogP contribution in [0.2, 0.25) is 10.0 Å². The first-order valence-electron chi connectivity index (χ1n) is 19.8. The lowest BCUT2D eigenvalue weighted by molar-refractivity contribution is -0.142. The van der Waals surface area contributed by atoms with Gasteiger partial charge in [0.25, 0.3) is 5.91 Å². The minimum absolute atomic E-state index is 0.0665. The molecule has 0 aliphatic carbocycles. The van der Waals surface area contributed by atoms with Crippen molar-refractivity contribution in [1.82, 2.24) is 10.2 Å². The normalized spacial score (nSPS) is 16.1. The highest BCUT2D eigenvalue weighted by molar-refractivity contribution is 6.42. The molecule has 312 valence electrons. The molecule has 2 heterocycles. The van der Waals surface area contributed by atoms with Crippen molar-refractivity contribution in [2.75, 3.05) is 12.4 Å². The molecule has 0 spiro atoms. The molecule has 13 heteroatoms. The summed E-state index contributed by atoms with van der Waals surface area (Å²) in [5.74, 6) is -0.187. The fourth-order valence-corrected chi connectivity index (χ4v) is 8.07. The Labute approximate surface area is 368 Å². The molecule has 6 aromatic rings. The van der Waals surface area contributed by atoms with E-state index in [2.05, 4.69) is 16.7 Å². The number of carboxylic acid groups (broad SMARTS) is 1. The number of rotatable bonds is 13. The molecule has 0 saturated heterocycles. The molecule has 8 rings (SSSR count). The van der Waals surface area contributed by atoms with E-state index in [-0.39, 0.29) is 25.4 Å². The lowest BCUT2D eigenvalue weighted by Gasteiger charge is -2.38. The Morgan fingerprint density at radius 3 is 2.31 bits per heavy atom. The number of carboxylic acids is 1. The Morgan fingerprint density at radius 2 is 1.61 bits per heavy atom. The molecule has 3 unspecified atom stereocenters. The van der Waals surface area contributed by atoms with E-state index in [0.717, 1.165) is 38.9 Å². The Bertz CT molecular complexity index is 2680. The van der Waals surface area contributed by atoms with Gasteiger partial charge in [0.15, 0.2) is 0 Å². The Hall–Kier alpha value is -6.84. The quantitative estimate of drug-likeness (QED) is 0.103. The summed E-state index contributed by atoms with van der Waals surface area (Å²) in [5, 5.41) is 26.2. The topological polar surface area (TPSA) is 150 Å². The largest absolute Gasteiger partial charge is 0.496 e. The number of methoxy groups -OCH3 is 1. The number of ether oxygens (including phenoxy) is 3. The molecular formula is C49H40Cl2N4O7. The van der Waals surface area contributed by atoms with E-state index in [0.29, 0.717) is 57.2 Å². The van der Waals surface area contributed by atoms with Gasteiger partial charge in [-0.15, -0.1) is 0 Å². The summed E-state index contributed by atoms with van der Waals surface area (Å²) in [6, 6.07) is 38.6. The van der Waals surface area contributed by atoms with Crippen LogP contribution in [-0.4, -0.2) is 47.0 Å². The number of para-hydroxylation sites is 1. The maximum atomic E-state index is 14.3. The van der Waals surface area contributed by atoms with Crippen LogP contribution >= 0.6 is 23.2 Å². The first-order chi connectivity index (χ1) is 30.0. The fraction of sp³-hybridized carbons (Fsp3) is 0.184. The zero-order valence-corrected chi connectivity index (χ0v) is 35.0. The van der Waals surface area contributed by atoms with Gasteiger partial charge in [-0.05, 0) is 94.4 Å². The molecule has 3 atom stereocenters. The maximum Gasteiger partial charge on any atom is 0.326 e. The number of amides is 2. The predicted octanol–water partition coefficient (Wildman–Crippen LogP) is 8.93. The van der Waals surface area contributed by atoms with Gasteiger partial charge in [-0.3, -0.25) is 14.5 Å². The highest BCUT2D eigenvalue weighted by Gasteiger charge is 2.37. The van der Waals surface area contributed by atoms with Crippen LogP contribution in [0.3, 0.4) is 0 Å². The second-order valence-corrected chi connectivity index (χ2v) is 16.0. The monoisotopic (exact) mass is 866 g/mol. The summed E-state index contributed by atoms with van der Waals surface area (Å²) in [6.45, 7) is 0.955. The molecule has 0 aromatic heterocycles. The molecule has 62 heavy (non-hydrogen) atoms. The van der Waals surface area contributed by atoms with E-state index in [1.54, 1.807) is 55.6 Å². The van der Waals surface area contributed by atoms with Gasteiger partial charge >= 0.3 is 5.97 Å². The second-order valence-electron chi connectivity index (χ2n) is 15.1. The fourth-order valence-electron chi connectivity index (χ4n) is 7.75. The van der Waals surface area contributed by atoms with Crippen molar-refractivity contribution in [3.8, 4) is 34.4 Å². The van der Waals surface area contributed by atoms with Crippen LogP contribution in [0.4, 0.5) is 5.69 Å². The number of benzene rings is 6. The zero-order valence-electron chi connectivity index (χ0n) is 33.4. The van der Waals surface area contributed by atoms with E-state index in [1.807, 2.05) is 83.8 Å². The maximum absolute atomic E-state index is 14.3. The van der Waals surface area contributed by atoms with Crippen molar-refractivity contribution in [3.63, 3.8) is 0 Å². The first kappa shape index (κ1) is 41.9. The summed E-state index contributed by atoms with van der Waals surface area (Å²) in [4.78, 5) is 42.4. The third kappa shape index (κ3) is 9.38. The van der Waals surface area contributed by atoms with Gasteiger partial charge in [0.1, 0.15) is 29.9 Å². The lowest BCUT2D eigenvalue weighted by Crippen LogP contribution is -2.54. The zero-order chi connectivity index (χ0) is 43.3. The summed E-state index contributed by atoms with van der Waals surface area (Å²) in [6.07, 6.45) is -0.605. The Balaban J connectivity index is 0.993. The third-order valence-corrected chi connectivity index (χ3v) is 11.8. The van der Waals surface area contributed by atoms with Gasteiger partial charge in [-0.2, -0.15) is 5.26 Å². The smallest absolute Gasteiger partial charge is 0.326 e. The molecule has 2 aliphatic rings. The number of nitriles is 1. The number of hydrogen-bond donors (Lipinski definition) is 3. The summed E-state index contributed by atoms with van der Waals surface area (Å²) < 4.78 is 17.9. The van der Waals surface area contributed by atoms with Crippen molar-refractivity contribution in [2.24, 2.45) is 0 Å². The predicted molar refractivity (Wildman–Crippen MR) is 235 cm³/mol. The number of carbonyl (C=O) groups excluding carboxylic acids is 2. The van der Waals surface area contributed by atoms with Crippen LogP contribution in [0.15, 0.2) is 127 Å². The number of carbonyl (C=O) groups is 3. The van der Waals surface area contributed by atoms with Crippen LogP contribution in [0, 0.1) is 11.3 Å². The van der Waals surface area contributed by atoms with Crippen LogP contribution in [0.1, 0.15) is 45.0 Å². The third-order valence-electron chi connectivity index (χ3n) is 11.1. The Morgan fingerprint density at radius 1 is 0.903 bits per heavy atom. The van der Waals surface area contributed by atoms with Crippen LogP contribution < -0.4 is 24.8 Å². The molecule has 11 nitrogen and oxygen atoms in total. The van der Waals surface area contributed by atoms with E-state index >= 15 is 0 Å². The molecule has 6 aromatic carbocycles. The average Bonchev–Trinajstić information content (AvgIpc) is 3.28. The lowest BCUT2D eigenvalue weighted by atomic mass is 9.91. The SMILES string of the molecule is COc1ccccc1CN1Cc2cc3c(cc2CC1C(=O)NC(Cc1ccc(-c2ccc(C#N)cc2)cc1)C(=O)O)NC(=O)C(c1ccc(OCc2ccc(Cl)c(Cl)c2)cc1)O3. The van der Waals surface area contributed by atoms with E-state index < -0.39 is 30.1 Å². The highest BCUT2D eigenvalue weighted by Crippen LogP contribution is 2.40. The summed E-state index contributed by atoms with van der Waals surface area (Å²) in [7, 11) is 1.59. The molecule has 2 amide bonds. The van der Waals surface area contributed by atoms with Crippen LogP contribution in [-0.2, 0) is 46.9 Å². The van der Waals surface area contributed by atoms with Crippen LogP contribution in [0.5, 0.6) is 17.2 Å². The van der Waals surface area contributed by atoms with E-state index in [9.17, 15) is 19.5 Å². The second kappa shape index (κ2) is 18.4. The van der Waals surface area contributed by atoms with Crippen molar-refractivity contribution < 1.29 is 33.7 Å². The average molecular weight is 868 g/mol. The van der Waals surface area contributed by atoms with Gasteiger partial charge in [0.2, 0.25) is 12.0 Å². The number of hydrogen-bond acceptors (Lipinski definition) is 8. The number of fused-ring (bicyclic) bond motifs is 2. The molecule has 0 bridgehead atoms. The number of halogens is 2. The molecule has 0 saturated carbocycles. The minimum atomic E-state index is -1.20. The minimum Gasteiger partial charge on any atom is -0.496 e. The van der Waals surface area contributed by atoms with Crippen LogP contribution in [0.25, 0.3) is 11.1 Å². The Kier molecular flexibility index (Phi) is 12.4.